The van der Waals surface area contributed by atoms with Crippen LogP contribution in [0.4, 0.5) is 0 Å². The third-order valence-electron chi connectivity index (χ3n) is 1.16. The molecule has 0 rings (SSSR count). The van der Waals surface area contributed by atoms with Crippen LogP contribution in [0, 0.1) is 0 Å². The van der Waals surface area contributed by atoms with Crippen LogP contribution in [-0.4, -0.2) is 31.5 Å². The van der Waals surface area contributed by atoms with Crippen molar-refractivity contribution in [2.24, 2.45) is 0 Å². The van der Waals surface area contributed by atoms with Gasteiger partial charge >= 0.3 is 0 Å². The van der Waals surface area contributed by atoms with Gasteiger partial charge in [-0.2, -0.15) is 25.3 Å². The first-order valence-corrected chi connectivity index (χ1v) is 4.11. The fourth-order valence-electron chi connectivity index (χ4n) is 0.653. The minimum atomic E-state index is 0.0695. The largest absolute Gasteiger partial charge is 0.382 e. The van der Waals surface area contributed by atoms with E-state index in [1.807, 2.05) is 0 Å². The number of methoxy groups -OCH3 is 2. The average Bonchev–Trinajstić information content (AvgIpc) is 1.86. The van der Waals surface area contributed by atoms with Gasteiger partial charge in [0.05, 0.1) is 12.7 Å². The fourth-order valence-corrected chi connectivity index (χ4v) is 1.12. The summed E-state index contributed by atoms with van der Waals surface area (Å²) in [6.45, 7) is 0.605. The van der Waals surface area contributed by atoms with Crippen LogP contribution >= 0.6 is 25.3 Å². The van der Waals surface area contributed by atoms with Gasteiger partial charge in [0.25, 0.3) is 0 Å². The van der Waals surface area contributed by atoms with E-state index in [2.05, 4.69) is 25.3 Å². The maximum Gasteiger partial charge on any atom is 0.0823 e. The molecule has 0 saturated heterocycles. The summed E-state index contributed by atoms with van der Waals surface area (Å²) in [4.78, 5) is 0. The minimum Gasteiger partial charge on any atom is -0.382 e. The lowest BCUT2D eigenvalue weighted by Crippen LogP contribution is -2.19. The Morgan fingerprint density at radius 2 is 1.90 bits per heavy atom. The molecule has 1 unspecified atom stereocenters. The number of hydrogen-bond acceptors (Lipinski definition) is 4. The third-order valence-corrected chi connectivity index (χ3v) is 1.58. The first-order valence-electron chi connectivity index (χ1n) is 3.08. The summed E-state index contributed by atoms with van der Waals surface area (Å²) in [6.07, 6.45) is 0.918. The van der Waals surface area contributed by atoms with E-state index in [9.17, 15) is 0 Å². The highest BCUT2D eigenvalue weighted by atomic mass is 32.2. The molecule has 1 atom stereocenters. The summed E-state index contributed by atoms with van der Waals surface area (Å²) in [5.74, 6) is 0. The molecule has 0 radical (unpaired) electrons. The molecular weight excluding hydrogens is 168 g/mol. The highest BCUT2D eigenvalue weighted by molar-refractivity contribution is 7.99. The highest BCUT2D eigenvalue weighted by Gasteiger charge is 2.09. The monoisotopic (exact) mass is 182 g/mol. The zero-order valence-electron chi connectivity index (χ0n) is 6.28. The highest BCUT2D eigenvalue weighted by Crippen LogP contribution is 2.10. The molecule has 0 amide bonds. The van der Waals surface area contributed by atoms with Crippen molar-refractivity contribution < 1.29 is 9.47 Å². The van der Waals surface area contributed by atoms with E-state index >= 15 is 0 Å². The first kappa shape index (κ1) is 10.6. The van der Waals surface area contributed by atoms with E-state index < -0.39 is 0 Å². The normalized spacial score (nSPS) is 14.1. The van der Waals surface area contributed by atoms with Crippen LogP contribution in [-0.2, 0) is 9.47 Å². The van der Waals surface area contributed by atoms with Gasteiger partial charge in [-0.3, -0.25) is 0 Å². The van der Waals surface area contributed by atoms with Crippen molar-refractivity contribution >= 4 is 25.3 Å². The molecule has 0 saturated carbocycles. The molecule has 0 aliphatic rings. The van der Waals surface area contributed by atoms with Gasteiger partial charge in [-0.25, -0.2) is 0 Å². The van der Waals surface area contributed by atoms with E-state index in [0.29, 0.717) is 6.61 Å². The number of hydrogen-bond donors (Lipinski definition) is 2. The van der Waals surface area contributed by atoms with Gasteiger partial charge in [0.1, 0.15) is 0 Å². The number of thiol groups is 2. The van der Waals surface area contributed by atoms with Crippen LogP contribution in [0.15, 0.2) is 0 Å². The number of rotatable bonds is 5. The second-order valence-electron chi connectivity index (χ2n) is 2.03. The van der Waals surface area contributed by atoms with E-state index in [1.165, 1.54) is 0 Å². The molecule has 0 aliphatic carbocycles. The lowest BCUT2D eigenvalue weighted by atomic mass is 10.3. The van der Waals surface area contributed by atoms with E-state index in [1.54, 1.807) is 14.2 Å². The maximum atomic E-state index is 5.08. The summed E-state index contributed by atoms with van der Waals surface area (Å²) < 4.78 is 10.1. The lowest BCUT2D eigenvalue weighted by Gasteiger charge is -2.14. The molecule has 0 bridgehead atoms. The van der Waals surface area contributed by atoms with Crippen LogP contribution in [0.3, 0.4) is 0 Å². The van der Waals surface area contributed by atoms with Gasteiger partial charge in [-0.15, -0.1) is 0 Å². The van der Waals surface area contributed by atoms with Crippen LogP contribution in [0.25, 0.3) is 0 Å². The summed E-state index contributed by atoms with van der Waals surface area (Å²) in [5.41, 5.74) is 0. The van der Waals surface area contributed by atoms with Crippen molar-refractivity contribution in [2.75, 3.05) is 20.8 Å². The van der Waals surface area contributed by atoms with Gasteiger partial charge in [-0.1, -0.05) is 0 Å². The zero-order valence-corrected chi connectivity index (χ0v) is 8.07. The van der Waals surface area contributed by atoms with E-state index in [4.69, 9.17) is 9.47 Å². The molecule has 0 aromatic rings. The average molecular weight is 182 g/mol. The topological polar surface area (TPSA) is 18.5 Å². The molecule has 0 aromatic heterocycles. The van der Waals surface area contributed by atoms with Crippen molar-refractivity contribution in [3.63, 3.8) is 0 Å². The van der Waals surface area contributed by atoms with E-state index in [-0.39, 0.29) is 10.7 Å². The maximum absolute atomic E-state index is 5.08. The second-order valence-corrected chi connectivity index (χ2v) is 3.68. The quantitative estimate of drug-likeness (QED) is 0.492. The smallest absolute Gasteiger partial charge is 0.0823 e. The van der Waals surface area contributed by atoms with Crippen LogP contribution in [0.5, 0.6) is 0 Å². The summed E-state index contributed by atoms with van der Waals surface area (Å²) >= 11 is 8.23. The van der Waals surface area contributed by atoms with Gasteiger partial charge < -0.3 is 9.47 Å². The Morgan fingerprint density at radius 1 is 1.30 bits per heavy atom. The molecule has 10 heavy (non-hydrogen) atoms. The lowest BCUT2D eigenvalue weighted by molar-refractivity contribution is 0.0262. The van der Waals surface area contributed by atoms with Crippen molar-refractivity contribution in [1.82, 2.24) is 0 Å². The molecule has 4 heteroatoms. The molecule has 0 N–H and O–H groups in total. The Hall–Kier alpha value is 0.620. The summed E-state index contributed by atoms with van der Waals surface area (Å²) in [6, 6.07) is 0. The summed E-state index contributed by atoms with van der Waals surface area (Å²) in [7, 11) is 3.31. The van der Waals surface area contributed by atoms with E-state index in [0.717, 1.165) is 6.42 Å². The molecule has 2 nitrogen and oxygen atoms in total. The van der Waals surface area contributed by atoms with Gasteiger partial charge in [-0.05, 0) is 6.42 Å². The predicted octanol–water partition coefficient (Wildman–Crippen LogP) is 1.22. The summed E-state index contributed by atoms with van der Waals surface area (Å²) in [5, 5.41) is 0. The number of ether oxygens (including phenoxy) is 2. The molecule has 62 valence electrons. The Labute approximate surface area is 73.1 Å². The van der Waals surface area contributed by atoms with Gasteiger partial charge in [0.15, 0.2) is 0 Å². The SMILES string of the molecule is COCC(CC(S)S)OC. The molecule has 0 aromatic carbocycles. The van der Waals surface area contributed by atoms with Crippen LogP contribution < -0.4 is 0 Å². The standard InChI is InChI=1S/C6H14O2S2/c1-7-4-5(8-2)3-6(9)10/h5-6,9-10H,3-4H2,1-2H3. The zero-order chi connectivity index (χ0) is 7.98. The van der Waals surface area contributed by atoms with Gasteiger partial charge in [0.2, 0.25) is 0 Å². The Kier molecular flexibility index (Phi) is 6.73. The van der Waals surface area contributed by atoms with Crippen molar-refractivity contribution in [1.29, 1.82) is 0 Å². The molecule has 0 spiro atoms. The van der Waals surface area contributed by atoms with Crippen LogP contribution in [0.2, 0.25) is 0 Å². The Balaban J connectivity index is 3.39. The van der Waals surface area contributed by atoms with Crippen molar-refractivity contribution in [3.05, 3.63) is 0 Å². The van der Waals surface area contributed by atoms with Crippen LogP contribution in [0.1, 0.15) is 6.42 Å². The molecule has 0 aliphatic heterocycles. The molecular formula is C6H14O2S2. The van der Waals surface area contributed by atoms with Crippen molar-refractivity contribution in [3.8, 4) is 0 Å². The first-order chi connectivity index (χ1) is 4.70. The molecule has 0 heterocycles. The van der Waals surface area contributed by atoms with Crippen molar-refractivity contribution in [2.45, 2.75) is 17.1 Å². The van der Waals surface area contributed by atoms with Gasteiger partial charge in [0, 0.05) is 18.8 Å². The second kappa shape index (κ2) is 6.34. The molecule has 0 fully saturated rings. The predicted molar refractivity (Wildman–Crippen MR) is 49.1 cm³/mol. The fraction of sp³-hybridized carbons (Fsp3) is 1.00. The Morgan fingerprint density at radius 3 is 2.20 bits per heavy atom. The third kappa shape index (κ3) is 5.41. The Bertz CT molecular complexity index is 78.1. The minimum absolute atomic E-state index is 0.0695.